The number of fused-ring (bicyclic) bond motifs is 2. The van der Waals surface area contributed by atoms with Gasteiger partial charge in [-0.2, -0.15) is 5.26 Å². The topological polar surface area (TPSA) is 69.8 Å². The van der Waals surface area contributed by atoms with Gasteiger partial charge in [-0.05, 0) is 24.3 Å². The largest absolute Gasteiger partial charge is 0.477 e. The minimum absolute atomic E-state index is 0.160. The lowest BCUT2D eigenvalue weighted by Crippen LogP contribution is -2.47. The van der Waals surface area contributed by atoms with Crippen LogP contribution in [0.2, 0.25) is 0 Å². The SMILES string of the molecule is CNC(=O)[C@@H]1CN(Cc2cn3ccccc3c2C#N)c2ccccc2O1. The lowest BCUT2D eigenvalue weighted by Gasteiger charge is -2.35. The van der Waals surface area contributed by atoms with Crippen molar-refractivity contribution in [1.29, 1.82) is 5.26 Å². The number of aromatic nitrogens is 1. The van der Waals surface area contributed by atoms with E-state index in [0.717, 1.165) is 16.8 Å². The molecule has 0 saturated carbocycles. The minimum Gasteiger partial charge on any atom is -0.477 e. The van der Waals surface area contributed by atoms with Gasteiger partial charge in [0.15, 0.2) is 6.10 Å². The molecule has 3 heterocycles. The molecule has 4 rings (SSSR count). The van der Waals surface area contributed by atoms with E-state index in [1.807, 2.05) is 59.3 Å². The second-order valence-corrected chi connectivity index (χ2v) is 6.20. The van der Waals surface area contributed by atoms with Gasteiger partial charge in [0.1, 0.15) is 11.8 Å². The summed E-state index contributed by atoms with van der Waals surface area (Å²) >= 11 is 0. The summed E-state index contributed by atoms with van der Waals surface area (Å²) in [5.41, 5.74) is 3.39. The normalized spacial score (nSPS) is 15.8. The Morgan fingerprint density at radius 3 is 2.92 bits per heavy atom. The summed E-state index contributed by atoms with van der Waals surface area (Å²) in [5, 5.41) is 12.3. The van der Waals surface area contributed by atoms with Crippen LogP contribution in [0.25, 0.3) is 5.52 Å². The molecule has 0 aliphatic carbocycles. The van der Waals surface area contributed by atoms with Gasteiger partial charge in [-0.3, -0.25) is 4.79 Å². The Balaban J connectivity index is 1.73. The maximum atomic E-state index is 12.1. The summed E-state index contributed by atoms with van der Waals surface area (Å²) in [7, 11) is 1.60. The highest BCUT2D eigenvalue weighted by atomic mass is 16.5. The number of amides is 1. The van der Waals surface area contributed by atoms with E-state index in [1.54, 1.807) is 7.05 Å². The van der Waals surface area contributed by atoms with E-state index >= 15 is 0 Å². The van der Waals surface area contributed by atoms with Gasteiger partial charge in [0.25, 0.3) is 5.91 Å². The maximum Gasteiger partial charge on any atom is 0.262 e. The highest BCUT2D eigenvalue weighted by Crippen LogP contribution is 2.34. The van der Waals surface area contributed by atoms with Gasteiger partial charge in [-0.15, -0.1) is 0 Å². The highest BCUT2D eigenvalue weighted by Gasteiger charge is 2.30. The van der Waals surface area contributed by atoms with E-state index in [9.17, 15) is 10.1 Å². The molecule has 1 aromatic carbocycles. The fraction of sp³-hybridized carbons (Fsp3) is 0.200. The fourth-order valence-electron chi connectivity index (χ4n) is 3.39. The van der Waals surface area contributed by atoms with Crippen LogP contribution in [0.15, 0.2) is 54.9 Å². The van der Waals surface area contributed by atoms with Gasteiger partial charge in [0, 0.05) is 31.5 Å². The van der Waals surface area contributed by atoms with Crippen molar-refractivity contribution in [1.82, 2.24) is 9.72 Å². The lowest BCUT2D eigenvalue weighted by molar-refractivity contribution is -0.127. The highest BCUT2D eigenvalue weighted by molar-refractivity contribution is 5.83. The average molecular weight is 346 g/mol. The van der Waals surface area contributed by atoms with Crippen molar-refractivity contribution < 1.29 is 9.53 Å². The average Bonchev–Trinajstić information content (AvgIpc) is 3.04. The van der Waals surface area contributed by atoms with Crippen molar-refractivity contribution in [2.24, 2.45) is 0 Å². The van der Waals surface area contributed by atoms with Crippen molar-refractivity contribution in [3.63, 3.8) is 0 Å². The number of carbonyl (C=O) groups excluding carboxylic acids is 1. The molecule has 0 spiro atoms. The predicted molar refractivity (Wildman–Crippen MR) is 98.1 cm³/mol. The summed E-state index contributed by atoms with van der Waals surface area (Å²) in [4.78, 5) is 14.2. The second kappa shape index (κ2) is 6.45. The predicted octanol–water partition coefficient (Wildman–Crippen LogP) is 2.32. The zero-order valence-corrected chi connectivity index (χ0v) is 14.3. The van der Waals surface area contributed by atoms with Crippen LogP contribution in [-0.2, 0) is 11.3 Å². The molecular weight excluding hydrogens is 328 g/mol. The van der Waals surface area contributed by atoms with Gasteiger partial charge >= 0.3 is 0 Å². The number of rotatable bonds is 3. The second-order valence-electron chi connectivity index (χ2n) is 6.20. The molecule has 0 bridgehead atoms. The van der Waals surface area contributed by atoms with Crippen molar-refractivity contribution in [2.75, 3.05) is 18.5 Å². The van der Waals surface area contributed by atoms with Crippen molar-refractivity contribution in [3.05, 3.63) is 66.0 Å². The molecule has 130 valence electrons. The Bertz CT molecular complexity index is 1020. The molecule has 1 aliphatic rings. The number of nitrogens with zero attached hydrogens (tertiary/aromatic N) is 3. The summed E-state index contributed by atoms with van der Waals surface area (Å²) in [5.74, 6) is 0.515. The molecular formula is C20H18N4O2. The molecule has 0 unspecified atom stereocenters. The number of anilines is 1. The molecule has 0 radical (unpaired) electrons. The van der Waals surface area contributed by atoms with E-state index in [1.165, 1.54) is 0 Å². The summed E-state index contributed by atoms with van der Waals surface area (Å²) in [6.07, 6.45) is 3.32. The number of benzene rings is 1. The number of likely N-dealkylation sites (N-methyl/N-ethyl adjacent to an activating group) is 1. The maximum absolute atomic E-state index is 12.1. The van der Waals surface area contributed by atoms with E-state index in [4.69, 9.17) is 4.74 Å². The molecule has 2 aromatic heterocycles. The van der Waals surface area contributed by atoms with Crippen LogP contribution < -0.4 is 15.0 Å². The molecule has 0 saturated heterocycles. The zero-order valence-electron chi connectivity index (χ0n) is 14.3. The summed E-state index contributed by atoms with van der Waals surface area (Å²) in [6, 6.07) is 15.8. The Morgan fingerprint density at radius 2 is 2.12 bits per heavy atom. The molecule has 1 amide bonds. The van der Waals surface area contributed by atoms with Crippen LogP contribution in [0, 0.1) is 11.3 Å². The molecule has 26 heavy (non-hydrogen) atoms. The first-order valence-corrected chi connectivity index (χ1v) is 8.42. The number of nitriles is 1. The van der Waals surface area contributed by atoms with Crippen molar-refractivity contribution >= 4 is 17.1 Å². The van der Waals surface area contributed by atoms with Crippen LogP contribution in [-0.4, -0.2) is 30.0 Å². The number of nitrogens with one attached hydrogen (secondary N) is 1. The Labute approximate surface area is 151 Å². The van der Waals surface area contributed by atoms with Gasteiger partial charge in [0.2, 0.25) is 0 Å². The first-order chi connectivity index (χ1) is 12.7. The van der Waals surface area contributed by atoms with Crippen LogP contribution in [0.3, 0.4) is 0 Å². The molecule has 0 fully saturated rings. The van der Waals surface area contributed by atoms with Gasteiger partial charge in [-0.25, -0.2) is 0 Å². The monoisotopic (exact) mass is 346 g/mol. The first-order valence-electron chi connectivity index (χ1n) is 8.42. The van der Waals surface area contributed by atoms with Crippen LogP contribution >= 0.6 is 0 Å². The fourth-order valence-corrected chi connectivity index (χ4v) is 3.39. The standard InChI is InChI=1S/C20H18N4O2/c1-22-20(25)19-13-24(17-7-2-3-8-18(17)26-19)12-14-11-23-9-5-4-6-16(23)15(14)10-21/h2-9,11,19H,12-13H2,1H3,(H,22,25)/t19-/m0/s1. The summed E-state index contributed by atoms with van der Waals surface area (Å²) < 4.78 is 7.80. The smallest absolute Gasteiger partial charge is 0.262 e. The van der Waals surface area contributed by atoms with Crippen LogP contribution in [0.1, 0.15) is 11.1 Å². The van der Waals surface area contributed by atoms with E-state index in [2.05, 4.69) is 16.3 Å². The lowest BCUT2D eigenvalue weighted by atomic mass is 10.1. The number of carbonyl (C=O) groups is 1. The molecule has 3 aromatic rings. The van der Waals surface area contributed by atoms with Gasteiger partial charge in [-0.1, -0.05) is 18.2 Å². The van der Waals surface area contributed by atoms with Crippen molar-refractivity contribution in [2.45, 2.75) is 12.6 Å². The zero-order chi connectivity index (χ0) is 18.1. The minimum atomic E-state index is -0.586. The van der Waals surface area contributed by atoms with Crippen LogP contribution in [0.5, 0.6) is 5.75 Å². The molecule has 6 nitrogen and oxygen atoms in total. The third kappa shape index (κ3) is 2.64. The first kappa shape index (κ1) is 16.0. The number of hydrogen-bond donors (Lipinski definition) is 1. The van der Waals surface area contributed by atoms with Crippen molar-refractivity contribution in [3.8, 4) is 11.8 Å². The van der Waals surface area contributed by atoms with Gasteiger partial charge in [0.05, 0.1) is 23.3 Å². The Kier molecular flexibility index (Phi) is 3.98. The number of ether oxygens (including phenoxy) is 1. The third-order valence-electron chi connectivity index (χ3n) is 4.64. The van der Waals surface area contributed by atoms with E-state index in [0.29, 0.717) is 24.4 Å². The molecule has 1 N–H and O–H groups in total. The Morgan fingerprint density at radius 1 is 1.31 bits per heavy atom. The number of pyridine rings is 1. The van der Waals surface area contributed by atoms with Crippen LogP contribution in [0.4, 0.5) is 5.69 Å². The van der Waals surface area contributed by atoms with Gasteiger partial charge < -0.3 is 19.4 Å². The molecule has 6 heteroatoms. The number of hydrogen-bond acceptors (Lipinski definition) is 4. The number of para-hydroxylation sites is 2. The molecule has 1 atom stereocenters. The quantitative estimate of drug-likeness (QED) is 0.790. The molecule has 1 aliphatic heterocycles. The van der Waals surface area contributed by atoms with E-state index in [-0.39, 0.29) is 5.91 Å². The summed E-state index contributed by atoms with van der Waals surface area (Å²) in [6.45, 7) is 0.951. The van der Waals surface area contributed by atoms with E-state index < -0.39 is 6.10 Å². The Hall–Kier alpha value is -3.46. The third-order valence-corrected chi connectivity index (χ3v) is 4.64.